The zero-order chi connectivity index (χ0) is 16.1. The van der Waals surface area contributed by atoms with Gasteiger partial charge in [0.15, 0.2) is 5.82 Å². The number of likely N-dealkylation sites (tertiary alicyclic amines) is 1. The third kappa shape index (κ3) is 2.12. The van der Waals surface area contributed by atoms with E-state index in [1.54, 1.807) is 6.20 Å². The maximum absolute atomic E-state index is 4.37. The summed E-state index contributed by atoms with van der Waals surface area (Å²) in [5.41, 5.74) is 1.20. The minimum atomic E-state index is 0.781. The van der Waals surface area contributed by atoms with Crippen LogP contribution in [0.3, 0.4) is 0 Å². The number of hydrogen-bond donors (Lipinski definition) is 0. The predicted octanol–water partition coefficient (Wildman–Crippen LogP) is 2.42. The van der Waals surface area contributed by atoms with Crippen molar-refractivity contribution in [2.24, 2.45) is 11.8 Å². The van der Waals surface area contributed by atoms with Gasteiger partial charge in [0, 0.05) is 37.8 Å². The van der Waals surface area contributed by atoms with Gasteiger partial charge in [0.25, 0.3) is 0 Å². The van der Waals surface area contributed by atoms with Crippen molar-refractivity contribution in [1.82, 2.24) is 19.7 Å². The molecule has 0 radical (unpaired) electrons. The molecule has 2 aliphatic rings. The summed E-state index contributed by atoms with van der Waals surface area (Å²) in [7, 11) is 2.24. The maximum atomic E-state index is 4.37. The van der Waals surface area contributed by atoms with Crippen LogP contribution < -0.4 is 4.90 Å². The molecule has 122 valence electrons. The molecule has 0 bridgehead atoms. The first-order valence-corrected chi connectivity index (χ1v) is 8.61. The number of para-hydroxylation sites is 1. The van der Waals surface area contributed by atoms with Gasteiger partial charge < -0.3 is 9.80 Å². The van der Waals surface area contributed by atoms with Crippen molar-refractivity contribution < 1.29 is 0 Å². The van der Waals surface area contributed by atoms with Crippen LogP contribution in [0.15, 0.2) is 48.7 Å². The molecule has 0 N–H and O–H groups in total. The van der Waals surface area contributed by atoms with Gasteiger partial charge in [0.05, 0.1) is 5.52 Å². The molecule has 2 aromatic heterocycles. The van der Waals surface area contributed by atoms with E-state index in [0.29, 0.717) is 0 Å². The lowest BCUT2D eigenvalue weighted by Crippen LogP contribution is -2.28. The van der Waals surface area contributed by atoms with Crippen molar-refractivity contribution in [3.05, 3.63) is 48.7 Å². The van der Waals surface area contributed by atoms with E-state index < -0.39 is 0 Å². The Morgan fingerprint density at radius 2 is 1.75 bits per heavy atom. The lowest BCUT2D eigenvalue weighted by Gasteiger charge is -2.22. The highest BCUT2D eigenvalue weighted by atomic mass is 15.3. The summed E-state index contributed by atoms with van der Waals surface area (Å²) < 4.78 is 2.26. The number of fused-ring (bicyclic) bond motifs is 2. The van der Waals surface area contributed by atoms with E-state index >= 15 is 0 Å². The van der Waals surface area contributed by atoms with Crippen LogP contribution in [0.5, 0.6) is 0 Å². The molecular weight excluding hydrogens is 298 g/mol. The molecule has 0 saturated carbocycles. The van der Waals surface area contributed by atoms with Crippen LogP contribution in [0.25, 0.3) is 16.7 Å². The summed E-state index contributed by atoms with van der Waals surface area (Å²) >= 11 is 0. The molecule has 2 fully saturated rings. The van der Waals surface area contributed by atoms with Crippen LogP contribution in [0, 0.1) is 11.8 Å². The average molecular weight is 319 g/mol. The highest BCUT2D eigenvalue weighted by Gasteiger charge is 2.39. The average Bonchev–Trinajstić information content (AvgIpc) is 3.25. The van der Waals surface area contributed by atoms with Gasteiger partial charge in [0.1, 0.15) is 5.82 Å². The summed E-state index contributed by atoms with van der Waals surface area (Å²) in [6, 6.07) is 14.8. The predicted molar refractivity (Wildman–Crippen MR) is 95.6 cm³/mol. The summed E-state index contributed by atoms with van der Waals surface area (Å²) in [5.74, 6) is 3.70. The molecule has 0 amide bonds. The normalized spacial score (nSPS) is 24.0. The standard InChI is InChI=1S/C19H21N5/c1-22-10-15-12-23(13-16(15)11-22)19-9-14-5-2-3-6-17(14)24(19)18-7-4-8-20-21-18/h2-9,15-16H,10-13H2,1H3/t15-,16+. The summed E-state index contributed by atoms with van der Waals surface area (Å²) in [6.45, 7) is 4.69. The second-order valence-electron chi connectivity index (χ2n) is 7.12. The minimum Gasteiger partial charge on any atom is -0.357 e. The molecule has 1 aromatic carbocycles. The SMILES string of the molecule is CN1C[C@@H]2CN(c3cc4ccccc4n3-c3cccnn3)C[C@@H]2C1. The van der Waals surface area contributed by atoms with E-state index in [1.165, 1.54) is 29.8 Å². The van der Waals surface area contributed by atoms with Gasteiger partial charge in [-0.1, -0.05) is 18.2 Å². The van der Waals surface area contributed by atoms with Crippen LogP contribution in [-0.2, 0) is 0 Å². The van der Waals surface area contributed by atoms with Crippen molar-refractivity contribution in [3.63, 3.8) is 0 Å². The maximum Gasteiger partial charge on any atom is 0.161 e. The van der Waals surface area contributed by atoms with Crippen LogP contribution in [0.1, 0.15) is 0 Å². The van der Waals surface area contributed by atoms with Gasteiger partial charge in [-0.25, -0.2) is 0 Å². The first-order chi connectivity index (χ1) is 11.8. The number of hydrogen-bond acceptors (Lipinski definition) is 4. The molecule has 24 heavy (non-hydrogen) atoms. The van der Waals surface area contributed by atoms with Crippen molar-refractivity contribution in [2.75, 3.05) is 38.1 Å². The van der Waals surface area contributed by atoms with Gasteiger partial charge in [-0.15, -0.1) is 5.10 Å². The van der Waals surface area contributed by atoms with Gasteiger partial charge in [0.2, 0.25) is 0 Å². The molecule has 5 nitrogen and oxygen atoms in total. The fraction of sp³-hybridized carbons (Fsp3) is 0.368. The van der Waals surface area contributed by atoms with E-state index in [9.17, 15) is 0 Å². The van der Waals surface area contributed by atoms with Crippen LogP contribution in [0.2, 0.25) is 0 Å². The van der Waals surface area contributed by atoms with E-state index in [-0.39, 0.29) is 0 Å². The number of aromatic nitrogens is 3. The molecular formula is C19H21N5. The van der Waals surface area contributed by atoms with Gasteiger partial charge in [-0.2, -0.15) is 5.10 Å². The Balaban J connectivity index is 1.61. The lowest BCUT2D eigenvalue weighted by molar-refractivity contribution is 0.386. The van der Waals surface area contributed by atoms with Crippen molar-refractivity contribution in [3.8, 4) is 5.82 Å². The second-order valence-corrected chi connectivity index (χ2v) is 7.12. The Morgan fingerprint density at radius 1 is 0.958 bits per heavy atom. The zero-order valence-corrected chi connectivity index (χ0v) is 13.8. The minimum absolute atomic E-state index is 0.781. The van der Waals surface area contributed by atoms with Crippen LogP contribution >= 0.6 is 0 Å². The van der Waals surface area contributed by atoms with Gasteiger partial charge in [-0.3, -0.25) is 4.57 Å². The summed E-state index contributed by atoms with van der Waals surface area (Å²) in [5, 5.41) is 9.71. The monoisotopic (exact) mass is 319 g/mol. The van der Waals surface area contributed by atoms with Crippen LogP contribution in [-0.4, -0.2) is 52.9 Å². The fourth-order valence-electron chi connectivity index (χ4n) is 4.44. The van der Waals surface area contributed by atoms with Crippen molar-refractivity contribution >= 4 is 16.7 Å². The van der Waals surface area contributed by atoms with E-state index in [4.69, 9.17) is 0 Å². The Morgan fingerprint density at radius 3 is 2.50 bits per heavy atom. The van der Waals surface area contributed by atoms with Gasteiger partial charge >= 0.3 is 0 Å². The number of benzene rings is 1. The van der Waals surface area contributed by atoms with Gasteiger partial charge in [-0.05, 0) is 43.1 Å². The number of rotatable bonds is 2. The lowest BCUT2D eigenvalue weighted by atomic mass is 10.0. The topological polar surface area (TPSA) is 37.2 Å². The smallest absolute Gasteiger partial charge is 0.161 e. The highest BCUT2D eigenvalue weighted by Crippen LogP contribution is 2.37. The summed E-state index contributed by atoms with van der Waals surface area (Å²) in [4.78, 5) is 5.00. The summed E-state index contributed by atoms with van der Waals surface area (Å²) in [6.07, 6.45) is 1.73. The van der Waals surface area contributed by atoms with Crippen molar-refractivity contribution in [1.29, 1.82) is 0 Å². The molecule has 0 aliphatic carbocycles. The Kier molecular flexibility index (Phi) is 3.10. The first-order valence-electron chi connectivity index (χ1n) is 8.61. The van der Waals surface area contributed by atoms with Crippen LogP contribution in [0.4, 0.5) is 5.82 Å². The molecule has 0 unspecified atom stereocenters. The first kappa shape index (κ1) is 14.0. The largest absolute Gasteiger partial charge is 0.357 e. The Labute approximate surface area is 141 Å². The zero-order valence-electron chi connectivity index (χ0n) is 13.8. The molecule has 5 heteroatoms. The van der Waals surface area contributed by atoms with E-state index in [2.05, 4.69) is 61.9 Å². The molecule has 2 aliphatic heterocycles. The molecule has 0 spiro atoms. The molecule has 2 saturated heterocycles. The quantitative estimate of drug-likeness (QED) is 0.727. The molecule has 3 aromatic rings. The molecule has 5 rings (SSSR count). The Bertz CT molecular complexity index is 858. The fourth-order valence-corrected chi connectivity index (χ4v) is 4.44. The van der Waals surface area contributed by atoms with E-state index in [1.807, 2.05) is 12.1 Å². The van der Waals surface area contributed by atoms with E-state index in [0.717, 1.165) is 30.7 Å². The Hall–Kier alpha value is -2.40. The van der Waals surface area contributed by atoms with Crippen molar-refractivity contribution in [2.45, 2.75) is 0 Å². The highest BCUT2D eigenvalue weighted by molar-refractivity contribution is 5.87. The number of nitrogens with zero attached hydrogens (tertiary/aromatic N) is 5. The third-order valence-electron chi connectivity index (χ3n) is 5.47. The third-order valence-corrected chi connectivity index (χ3v) is 5.47. The molecule has 2 atom stereocenters. The molecule has 4 heterocycles. The number of anilines is 1. The second kappa shape index (κ2) is 5.31.